The van der Waals surface area contributed by atoms with Crippen molar-refractivity contribution in [3.05, 3.63) is 48.0 Å². The van der Waals surface area contributed by atoms with Crippen LogP contribution in [0.1, 0.15) is 37.7 Å². The van der Waals surface area contributed by atoms with E-state index in [0.29, 0.717) is 6.61 Å². The van der Waals surface area contributed by atoms with E-state index in [0.717, 1.165) is 37.7 Å². The quantitative estimate of drug-likeness (QED) is 0.915. The highest BCUT2D eigenvalue weighted by molar-refractivity contribution is 5.82. The van der Waals surface area contributed by atoms with Gasteiger partial charge in [-0.3, -0.25) is 4.90 Å². The predicted octanol–water partition coefficient (Wildman–Crippen LogP) is 4.38. The van der Waals surface area contributed by atoms with Crippen LogP contribution in [-0.4, -0.2) is 27.9 Å². The lowest BCUT2D eigenvalue weighted by molar-refractivity contribution is -0.155. The molecular weight excluding hydrogens is 290 g/mol. The summed E-state index contributed by atoms with van der Waals surface area (Å²) in [7, 11) is 0. The standard InChI is InChI=1S/C19H21NO3/c21-18(22)20-17-6-3-10-19(20,11-9-17)23-13-14-7-8-15-4-1-2-5-16(15)12-14/h1-2,4-5,7-8,12,17H,3,6,9-11,13H2,(H,21,22). The van der Waals surface area contributed by atoms with Gasteiger partial charge >= 0.3 is 6.09 Å². The molecule has 2 heterocycles. The highest BCUT2D eigenvalue weighted by Crippen LogP contribution is 2.45. The van der Waals surface area contributed by atoms with E-state index >= 15 is 0 Å². The third-order valence-corrected chi connectivity index (χ3v) is 5.30. The molecule has 0 spiro atoms. The molecule has 2 bridgehead atoms. The van der Waals surface area contributed by atoms with Gasteiger partial charge < -0.3 is 9.84 Å². The Hall–Kier alpha value is -2.07. The van der Waals surface area contributed by atoms with Gasteiger partial charge in [-0.15, -0.1) is 0 Å². The number of ether oxygens (including phenoxy) is 1. The molecule has 120 valence electrons. The second kappa shape index (κ2) is 5.53. The van der Waals surface area contributed by atoms with Crippen LogP contribution in [0.4, 0.5) is 4.79 Å². The fraction of sp³-hybridized carbons (Fsp3) is 0.421. The molecule has 4 heteroatoms. The van der Waals surface area contributed by atoms with Gasteiger partial charge in [0.15, 0.2) is 0 Å². The van der Waals surface area contributed by atoms with Crippen LogP contribution in [0.25, 0.3) is 10.8 Å². The first kappa shape index (κ1) is 14.5. The minimum Gasteiger partial charge on any atom is -0.465 e. The summed E-state index contributed by atoms with van der Waals surface area (Å²) in [6.07, 6.45) is 3.72. The van der Waals surface area contributed by atoms with Gasteiger partial charge in [-0.1, -0.05) is 36.4 Å². The summed E-state index contributed by atoms with van der Waals surface area (Å²) >= 11 is 0. The molecule has 2 fully saturated rings. The molecule has 4 rings (SSSR count). The van der Waals surface area contributed by atoms with E-state index in [-0.39, 0.29) is 6.04 Å². The zero-order valence-corrected chi connectivity index (χ0v) is 13.1. The number of fused-ring (bicyclic) bond motifs is 3. The summed E-state index contributed by atoms with van der Waals surface area (Å²) < 4.78 is 6.22. The van der Waals surface area contributed by atoms with Crippen LogP contribution < -0.4 is 0 Å². The summed E-state index contributed by atoms with van der Waals surface area (Å²) in [5.41, 5.74) is 0.484. The van der Waals surface area contributed by atoms with Crippen molar-refractivity contribution in [3.8, 4) is 0 Å². The van der Waals surface area contributed by atoms with Crippen molar-refractivity contribution in [2.45, 2.75) is 50.5 Å². The van der Waals surface area contributed by atoms with Crippen LogP contribution in [-0.2, 0) is 11.3 Å². The van der Waals surface area contributed by atoms with E-state index in [1.165, 1.54) is 10.8 Å². The van der Waals surface area contributed by atoms with Crippen molar-refractivity contribution in [2.75, 3.05) is 0 Å². The largest absolute Gasteiger partial charge is 0.465 e. The summed E-state index contributed by atoms with van der Waals surface area (Å²) in [6.45, 7) is 0.460. The van der Waals surface area contributed by atoms with Crippen molar-refractivity contribution >= 4 is 16.9 Å². The van der Waals surface area contributed by atoms with Gasteiger partial charge in [-0.2, -0.15) is 0 Å². The predicted molar refractivity (Wildman–Crippen MR) is 88.2 cm³/mol. The van der Waals surface area contributed by atoms with E-state index in [1.807, 2.05) is 12.1 Å². The maximum atomic E-state index is 11.7. The Morgan fingerprint density at radius 2 is 2.00 bits per heavy atom. The Kier molecular flexibility index (Phi) is 3.49. The Bertz CT molecular complexity index is 740. The van der Waals surface area contributed by atoms with Crippen molar-refractivity contribution in [1.29, 1.82) is 0 Å². The monoisotopic (exact) mass is 311 g/mol. The second-order valence-electron chi connectivity index (χ2n) is 6.65. The first-order chi connectivity index (χ1) is 11.2. The molecule has 23 heavy (non-hydrogen) atoms. The molecule has 1 N–H and O–H groups in total. The molecule has 2 aliphatic rings. The van der Waals surface area contributed by atoms with Gasteiger partial charge in [0.1, 0.15) is 5.72 Å². The number of piperidine rings is 1. The smallest absolute Gasteiger partial charge is 0.409 e. The zero-order chi connectivity index (χ0) is 15.9. The number of rotatable bonds is 3. The van der Waals surface area contributed by atoms with E-state index in [9.17, 15) is 9.90 Å². The van der Waals surface area contributed by atoms with Crippen LogP contribution in [0, 0.1) is 0 Å². The molecule has 2 saturated heterocycles. The number of benzene rings is 2. The summed E-state index contributed by atoms with van der Waals surface area (Å²) in [6, 6.07) is 14.7. The Morgan fingerprint density at radius 1 is 1.17 bits per heavy atom. The van der Waals surface area contributed by atoms with Crippen LogP contribution >= 0.6 is 0 Å². The number of amides is 1. The molecule has 0 radical (unpaired) electrons. The average Bonchev–Trinajstić information content (AvgIpc) is 2.80. The number of nitrogens with zero attached hydrogens (tertiary/aromatic N) is 1. The van der Waals surface area contributed by atoms with Gasteiger partial charge in [0.2, 0.25) is 0 Å². The maximum absolute atomic E-state index is 11.7. The van der Waals surface area contributed by atoms with Crippen molar-refractivity contribution < 1.29 is 14.6 Å². The van der Waals surface area contributed by atoms with E-state index in [4.69, 9.17) is 4.74 Å². The summed E-state index contributed by atoms with van der Waals surface area (Å²) in [4.78, 5) is 13.2. The molecule has 1 amide bonds. The highest BCUT2D eigenvalue weighted by Gasteiger charge is 2.52. The Morgan fingerprint density at radius 3 is 2.83 bits per heavy atom. The molecule has 0 saturated carbocycles. The van der Waals surface area contributed by atoms with Crippen LogP contribution in [0.5, 0.6) is 0 Å². The minimum atomic E-state index is -0.842. The first-order valence-corrected chi connectivity index (χ1v) is 8.32. The van der Waals surface area contributed by atoms with Gasteiger partial charge in [-0.05, 0) is 54.5 Å². The fourth-order valence-electron chi connectivity index (χ4n) is 4.20. The SMILES string of the molecule is O=C(O)N1C2CCCC1(OCc1ccc3ccccc3c1)CC2. The number of carboxylic acid groups (broad SMARTS) is 1. The Labute approximate surface area is 135 Å². The molecule has 2 aliphatic heterocycles. The molecule has 2 aromatic rings. The third-order valence-electron chi connectivity index (χ3n) is 5.30. The zero-order valence-electron chi connectivity index (χ0n) is 13.1. The summed E-state index contributed by atoms with van der Waals surface area (Å²) in [5.74, 6) is 0. The highest BCUT2D eigenvalue weighted by atomic mass is 16.5. The summed E-state index contributed by atoms with van der Waals surface area (Å²) in [5, 5.41) is 12.0. The number of carbonyl (C=O) groups is 1. The number of hydrogen-bond donors (Lipinski definition) is 1. The topological polar surface area (TPSA) is 49.8 Å². The van der Waals surface area contributed by atoms with Crippen LogP contribution in [0.2, 0.25) is 0 Å². The number of hydrogen-bond acceptors (Lipinski definition) is 2. The molecule has 0 aliphatic carbocycles. The Balaban J connectivity index is 1.55. The molecule has 0 aromatic heterocycles. The van der Waals surface area contributed by atoms with Crippen LogP contribution in [0.3, 0.4) is 0 Å². The maximum Gasteiger partial charge on any atom is 0.409 e. The van der Waals surface area contributed by atoms with Crippen molar-refractivity contribution in [2.24, 2.45) is 0 Å². The van der Waals surface area contributed by atoms with Crippen molar-refractivity contribution in [1.82, 2.24) is 4.90 Å². The molecule has 4 nitrogen and oxygen atoms in total. The normalized spacial score (nSPS) is 26.6. The van der Waals surface area contributed by atoms with Gasteiger partial charge in [0.25, 0.3) is 0 Å². The van der Waals surface area contributed by atoms with Gasteiger partial charge in [0, 0.05) is 6.04 Å². The average molecular weight is 311 g/mol. The third kappa shape index (κ3) is 2.47. The molecular formula is C19H21NO3. The van der Waals surface area contributed by atoms with E-state index < -0.39 is 11.8 Å². The van der Waals surface area contributed by atoms with Crippen LogP contribution in [0.15, 0.2) is 42.5 Å². The molecule has 2 atom stereocenters. The lowest BCUT2D eigenvalue weighted by Gasteiger charge is -2.42. The lowest BCUT2D eigenvalue weighted by atomic mass is 10.00. The fourth-order valence-corrected chi connectivity index (χ4v) is 4.20. The van der Waals surface area contributed by atoms with E-state index in [2.05, 4.69) is 30.3 Å². The van der Waals surface area contributed by atoms with Crippen molar-refractivity contribution in [3.63, 3.8) is 0 Å². The minimum absolute atomic E-state index is 0.137. The molecule has 2 unspecified atom stereocenters. The van der Waals surface area contributed by atoms with E-state index in [1.54, 1.807) is 4.90 Å². The second-order valence-corrected chi connectivity index (χ2v) is 6.65. The van der Waals surface area contributed by atoms with Gasteiger partial charge in [0.05, 0.1) is 6.61 Å². The molecule has 2 aromatic carbocycles. The first-order valence-electron chi connectivity index (χ1n) is 8.32. The lowest BCUT2D eigenvalue weighted by Crippen LogP contribution is -2.54. The van der Waals surface area contributed by atoms with Gasteiger partial charge in [-0.25, -0.2) is 4.79 Å².